The van der Waals surface area contributed by atoms with Gasteiger partial charge in [0.1, 0.15) is 12.3 Å². The van der Waals surface area contributed by atoms with Gasteiger partial charge in [-0.1, -0.05) is 54.6 Å². The van der Waals surface area contributed by atoms with E-state index >= 15 is 0 Å². The van der Waals surface area contributed by atoms with Gasteiger partial charge in [0.2, 0.25) is 0 Å². The fourth-order valence-electron chi connectivity index (χ4n) is 4.90. The van der Waals surface area contributed by atoms with E-state index in [-0.39, 0.29) is 26.2 Å². The van der Waals surface area contributed by atoms with E-state index < -0.39 is 40.9 Å². The first-order valence-corrected chi connectivity index (χ1v) is 16.5. The predicted octanol–water partition coefficient (Wildman–Crippen LogP) is 1.35. The van der Waals surface area contributed by atoms with Crippen molar-refractivity contribution in [3.8, 4) is 11.1 Å². The molecule has 15 heteroatoms. The van der Waals surface area contributed by atoms with Crippen LogP contribution >= 0.6 is 0 Å². The number of aryl methyl sites for hydroxylation is 2. The van der Waals surface area contributed by atoms with Crippen LogP contribution in [0.5, 0.6) is 0 Å². The van der Waals surface area contributed by atoms with Crippen molar-refractivity contribution in [3.63, 3.8) is 0 Å². The summed E-state index contributed by atoms with van der Waals surface area (Å²) >= 11 is 0. The lowest BCUT2D eigenvalue weighted by Gasteiger charge is -2.14. The van der Waals surface area contributed by atoms with E-state index in [0.717, 1.165) is 37.0 Å². The average Bonchev–Trinajstić information content (AvgIpc) is 3.84. The summed E-state index contributed by atoms with van der Waals surface area (Å²) in [7, 11) is 2.59. The highest BCUT2D eigenvalue weighted by atomic mass is 16.5. The van der Waals surface area contributed by atoms with Gasteiger partial charge in [-0.15, -0.1) is 0 Å². The molecule has 51 heavy (non-hydrogen) atoms. The lowest BCUT2D eigenvalue weighted by Crippen LogP contribution is -2.33. The molecule has 4 aromatic rings. The van der Waals surface area contributed by atoms with Crippen LogP contribution in [-0.2, 0) is 34.5 Å². The third-order valence-corrected chi connectivity index (χ3v) is 7.47. The standard InChI is InChI=1S/C19H18N2O3.C10H14N2O5.C4H8O.C2H6O.CH4O/c1-21-11-16(18(22)20-19(21)23)13-24-12-15-9-5-6-10-17(15)14-7-3-2-4-8-14;1-5-3-12(10(16)11-9(5)15)8-2-6(14)7(4-13)17-8;1-2-4-5-3-1;1-2-3;1-2/h2-11H,12-13H2,1H3,(H,20,22,23);3,6-8,13-14H,2,4H2,1H3,(H,11,15,16);1-4H2;3H,2H2,1H3;2H,1H3/t;6?,7-,8-;;;/m.1.../s1. The minimum Gasteiger partial charge on any atom is -0.400 e. The molecule has 2 aliphatic heterocycles. The molecule has 0 saturated carbocycles. The first kappa shape index (κ1) is 42.7. The van der Waals surface area contributed by atoms with Crippen molar-refractivity contribution >= 4 is 0 Å². The third-order valence-electron chi connectivity index (χ3n) is 7.47. The van der Waals surface area contributed by atoms with Gasteiger partial charge >= 0.3 is 11.4 Å². The van der Waals surface area contributed by atoms with Gasteiger partial charge in [-0.2, -0.15) is 0 Å². The lowest BCUT2D eigenvalue weighted by molar-refractivity contribution is -0.0459. The predicted molar refractivity (Wildman–Crippen MR) is 191 cm³/mol. The Balaban J connectivity index is 0.000000288. The lowest BCUT2D eigenvalue weighted by atomic mass is 10.0. The second-order valence-corrected chi connectivity index (χ2v) is 11.3. The number of hydrogen-bond donors (Lipinski definition) is 6. The molecule has 1 unspecified atom stereocenters. The smallest absolute Gasteiger partial charge is 0.330 e. The summed E-state index contributed by atoms with van der Waals surface area (Å²) < 4.78 is 18.5. The molecule has 2 aliphatic rings. The maximum absolute atomic E-state index is 11.8. The van der Waals surface area contributed by atoms with Crippen molar-refractivity contribution in [1.82, 2.24) is 19.1 Å². The average molecular weight is 715 g/mol. The molecule has 0 bridgehead atoms. The molecule has 6 N–H and O–H groups in total. The second kappa shape index (κ2) is 23.1. The monoisotopic (exact) mass is 714 g/mol. The van der Waals surface area contributed by atoms with Gasteiger partial charge in [0.25, 0.3) is 11.1 Å². The zero-order valence-electron chi connectivity index (χ0n) is 29.5. The molecule has 2 aromatic heterocycles. The van der Waals surface area contributed by atoms with Crippen LogP contribution in [-0.4, -0.2) is 85.3 Å². The van der Waals surface area contributed by atoms with Crippen LogP contribution in [0.15, 0.2) is 86.2 Å². The molecular formula is C36H50N4O11. The summed E-state index contributed by atoms with van der Waals surface area (Å²) in [5.41, 5.74) is 2.21. The summed E-state index contributed by atoms with van der Waals surface area (Å²) in [4.78, 5) is 50.3. The molecule has 2 saturated heterocycles. The zero-order chi connectivity index (χ0) is 37.8. The Bertz CT molecular complexity index is 1810. The van der Waals surface area contributed by atoms with Crippen LogP contribution < -0.4 is 22.5 Å². The number of benzene rings is 2. The molecule has 4 heterocycles. The first-order chi connectivity index (χ1) is 24.6. The molecule has 6 rings (SSSR count). The molecular weight excluding hydrogens is 664 g/mol. The Morgan fingerprint density at radius 1 is 0.843 bits per heavy atom. The number of aliphatic hydroxyl groups is 4. The van der Waals surface area contributed by atoms with Gasteiger partial charge in [-0.25, -0.2) is 9.59 Å². The Hall–Kier alpha value is -4.48. The van der Waals surface area contributed by atoms with Gasteiger partial charge in [0.15, 0.2) is 0 Å². The summed E-state index contributed by atoms with van der Waals surface area (Å²) in [6, 6.07) is 18.1. The number of ether oxygens (including phenoxy) is 3. The number of H-pyrrole nitrogens is 2. The van der Waals surface area contributed by atoms with Crippen LogP contribution in [0.2, 0.25) is 0 Å². The SMILES string of the molecule is C1CCOC1.CCO.CO.Cc1cn([C@H]2CC(O)[C@@H](CO)O2)c(=O)[nH]c1=O.Cn1cc(COCc2ccccc2-c2ccccc2)c(=O)[nH]c1=O. The Labute approximate surface area is 295 Å². The topological polar surface area (TPSA) is 218 Å². The zero-order valence-corrected chi connectivity index (χ0v) is 29.5. The number of hydrogen-bond acceptors (Lipinski definition) is 11. The van der Waals surface area contributed by atoms with Gasteiger partial charge in [0.05, 0.1) is 31.5 Å². The van der Waals surface area contributed by atoms with Crippen molar-refractivity contribution in [2.45, 2.75) is 64.8 Å². The minimum atomic E-state index is -0.816. The van der Waals surface area contributed by atoms with Crippen LogP contribution in [0, 0.1) is 6.92 Å². The van der Waals surface area contributed by atoms with E-state index in [1.807, 2.05) is 42.5 Å². The second-order valence-electron chi connectivity index (χ2n) is 11.3. The van der Waals surface area contributed by atoms with Gasteiger partial charge < -0.3 is 39.2 Å². The quantitative estimate of drug-likeness (QED) is 0.161. The van der Waals surface area contributed by atoms with E-state index in [9.17, 15) is 24.3 Å². The number of nitrogens with zero attached hydrogens (tertiary/aromatic N) is 2. The van der Waals surface area contributed by atoms with Crippen LogP contribution in [0.1, 0.15) is 49.1 Å². The van der Waals surface area contributed by atoms with Crippen LogP contribution in [0.4, 0.5) is 0 Å². The first-order valence-electron chi connectivity index (χ1n) is 16.5. The van der Waals surface area contributed by atoms with E-state index in [2.05, 4.69) is 22.1 Å². The van der Waals surface area contributed by atoms with Gasteiger partial charge in [-0.05, 0) is 43.4 Å². The van der Waals surface area contributed by atoms with Gasteiger partial charge in [-0.3, -0.25) is 24.1 Å². The highest BCUT2D eigenvalue weighted by molar-refractivity contribution is 5.67. The maximum Gasteiger partial charge on any atom is 0.330 e. The molecule has 0 radical (unpaired) electrons. The molecule has 280 valence electrons. The largest absolute Gasteiger partial charge is 0.400 e. The van der Waals surface area contributed by atoms with E-state index in [0.29, 0.717) is 17.7 Å². The number of nitrogens with one attached hydrogen (secondary N) is 2. The number of aliphatic hydroxyl groups excluding tert-OH is 4. The Kier molecular flexibility index (Phi) is 19.3. The van der Waals surface area contributed by atoms with Crippen molar-refractivity contribution in [2.75, 3.05) is 33.5 Å². The summed E-state index contributed by atoms with van der Waals surface area (Å²) in [5.74, 6) is 0. The fourth-order valence-corrected chi connectivity index (χ4v) is 4.90. The Morgan fingerprint density at radius 3 is 2.02 bits per heavy atom. The molecule has 2 aromatic carbocycles. The molecule has 15 nitrogen and oxygen atoms in total. The van der Waals surface area contributed by atoms with Gasteiger partial charge in [0, 0.05) is 58.4 Å². The number of rotatable bonds is 7. The normalized spacial score (nSPS) is 17.4. The van der Waals surface area contributed by atoms with E-state index in [1.54, 1.807) is 20.9 Å². The van der Waals surface area contributed by atoms with Crippen molar-refractivity contribution in [3.05, 3.63) is 125 Å². The number of aromatic nitrogens is 4. The van der Waals surface area contributed by atoms with Crippen molar-refractivity contribution in [2.24, 2.45) is 7.05 Å². The van der Waals surface area contributed by atoms with Crippen molar-refractivity contribution in [1.29, 1.82) is 0 Å². The Morgan fingerprint density at radius 2 is 1.43 bits per heavy atom. The highest BCUT2D eigenvalue weighted by Crippen LogP contribution is 2.27. The highest BCUT2D eigenvalue weighted by Gasteiger charge is 2.35. The van der Waals surface area contributed by atoms with Crippen LogP contribution in [0.25, 0.3) is 11.1 Å². The summed E-state index contributed by atoms with van der Waals surface area (Å²) in [6.45, 7) is 5.72. The van der Waals surface area contributed by atoms with Crippen molar-refractivity contribution < 1.29 is 34.6 Å². The molecule has 0 amide bonds. The fraction of sp³-hybridized carbons (Fsp3) is 0.444. The third kappa shape index (κ3) is 13.6. The maximum atomic E-state index is 11.8. The molecule has 2 fully saturated rings. The van der Waals surface area contributed by atoms with E-state index in [4.69, 9.17) is 29.5 Å². The minimum absolute atomic E-state index is 0.145. The summed E-state index contributed by atoms with van der Waals surface area (Å²) in [6.07, 6.45) is 3.48. The molecule has 0 aliphatic carbocycles. The summed E-state index contributed by atoms with van der Waals surface area (Å²) in [5, 5.41) is 33.1. The molecule has 0 spiro atoms. The van der Waals surface area contributed by atoms with Crippen LogP contribution in [0.3, 0.4) is 0 Å². The molecule has 3 atom stereocenters. The number of aromatic amines is 2. The van der Waals surface area contributed by atoms with E-state index in [1.165, 1.54) is 34.4 Å².